The highest BCUT2D eigenvalue weighted by Gasteiger charge is 2.33. The van der Waals surface area contributed by atoms with Crippen LogP contribution >= 0.6 is 0 Å². The number of carboxylic acid groups (broad SMARTS) is 1. The summed E-state index contributed by atoms with van der Waals surface area (Å²) >= 11 is 0. The summed E-state index contributed by atoms with van der Waals surface area (Å²) in [6.07, 6.45) is 2.21. The molecule has 0 radical (unpaired) electrons. The highest BCUT2D eigenvalue weighted by Crippen LogP contribution is 2.40. The van der Waals surface area contributed by atoms with Crippen molar-refractivity contribution in [1.29, 1.82) is 0 Å². The minimum atomic E-state index is -0.878. The number of hydrogen-bond acceptors (Lipinski definition) is 2. The van der Waals surface area contributed by atoms with E-state index in [1.54, 1.807) is 12.1 Å². The van der Waals surface area contributed by atoms with Crippen LogP contribution in [0, 0.1) is 0 Å². The van der Waals surface area contributed by atoms with Gasteiger partial charge in [0, 0.05) is 17.3 Å². The Labute approximate surface area is 114 Å². The summed E-state index contributed by atoms with van der Waals surface area (Å²) in [5, 5.41) is 9.12. The molecule has 19 heavy (non-hydrogen) atoms. The molecule has 0 aliphatic carbocycles. The van der Waals surface area contributed by atoms with Crippen molar-refractivity contribution in [3.63, 3.8) is 0 Å². The van der Waals surface area contributed by atoms with Gasteiger partial charge in [-0.25, -0.2) is 4.79 Å². The number of anilines is 1. The standard InChI is InChI=1S/C16H21NO2/c1-10(2)17-14-7-6-12(15(18)19)8-13(14)11(3)9-16(17,4)5/h6-10H,1-5H3,(H,18,19). The summed E-state index contributed by atoms with van der Waals surface area (Å²) in [6.45, 7) is 10.7. The topological polar surface area (TPSA) is 40.5 Å². The first-order valence-electron chi connectivity index (χ1n) is 6.60. The smallest absolute Gasteiger partial charge is 0.335 e. The van der Waals surface area contributed by atoms with Crippen molar-refractivity contribution in [1.82, 2.24) is 0 Å². The van der Waals surface area contributed by atoms with Gasteiger partial charge in [-0.1, -0.05) is 6.08 Å². The molecule has 1 aliphatic rings. The first-order valence-corrected chi connectivity index (χ1v) is 6.60. The lowest BCUT2D eigenvalue weighted by molar-refractivity contribution is 0.0697. The van der Waals surface area contributed by atoms with Crippen molar-refractivity contribution in [2.24, 2.45) is 0 Å². The van der Waals surface area contributed by atoms with Crippen LogP contribution in [0.25, 0.3) is 5.57 Å². The van der Waals surface area contributed by atoms with Gasteiger partial charge in [0.2, 0.25) is 0 Å². The number of fused-ring (bicyclic) bond motifs is 1. The number of aromatic carboxylic acids is 1. The predicted octanol–water partition coefficient (Wildman–Crippen LogP) is 3.80. The number of benzene rings is 1. The quantitative estimate of drug-likeness (QED) is 0.878. The third kappa shape index (κ3) is 2.25. The van der Waals surface area contributed by atoms with Crippen LogP contribution in [-0.2, 0) is 0 Å². The molecule has 3 nitrogen and oxygen atoms in total. The molecule has 1 N–H and O–H groups in total. The van der Waals surface area contributed by atoms with Crippen LogP contribution in [0.1, 0.15) is 50.5 Å². The first-order chi connectivity index (χ1) is 8.74. The summed E-state index contributed by atoms with van der Waals surface area (Å²) in [7, 11) is 0. The molecule has 0 bridgehead atoms. The Morgan fingerprint density at radius 3 is 2.47 bits per heavy atom. The van der Waals surface area contributed by atoms with Gasteiger partial charge in [0.05, 0.1) is 11.1 Å². The molecule has 0 spiro atoms. The van der Waals surface area contributed by atoms with Crippen LogP contribution in [-0.4, -0.2) is 22.7 Å². The molecule has 1 aromatic rings. The fraction of sp³-hybridized carbons (Fsp3) is 0.438. The number of carbonyl (C=O) groups is 1. The molecule has 0 atom stereocenters. The lowest BCUT2D eigenvalue weighted by Gasteiger charge is -2.46. The van der Waals surface area contributed by atoms with E-state index in [0.717, 1.165) is 16.8 Å². The molecule has 1 aromatic carbocycles. The molecule has 102 valence electrons. The SMILES string of the molecule is CC1=CC(C)(C)N(C(C)C)c2ccc(C(=O)O)cc21. The zero-order valence-electron chi connectivity index (χ0n) is 12.2. The molecule has 1 aliphatic heterocycles. The number of carboxylic acids is 1. The molecular weight excluding hydrogens is 238 g/mol. The van der Waals surface area contributed by atoms with Crippen molar-refractivity contribution < 1.29 is 9.90 Å². The van der Waals surface area contributed by atoms with Gasteiger partial charge >= 0.3 is 5.97 Å². The van der Waals surface area contributed by atoms with Crippen LogP contribution < -0.4 is 4.90 Å². The average molecular weight is 259 g/mol. The summed E-state index contributed by atoms with van der Waals surface area (Å²) in [5.74, 6) is -0.878. The number of nitrogens with zero attached hydrogens (tertiary/aromatic N) is 1. The molecular formula is C16H21NO2. The van der Waals surface area contributed by atoms with Gasteiger partial charge in [0.15, 0.2) is 0 Å². The van der Waals surface area contributed by atoms with Gasteiger partial charge in [-0.05, 0) is 58.4 Å². The van der Waals surface area contributed by atoms with E-state index in [1.807, 2.05) is 13.0 Å². The fourth-order valence-electron chi connectivity index (χ4n) is 3.13. The van der Waals surface area contributed by atoms with Crippen molar-refractivity contribution in [2.75, 3.05) is 4.90 Å². The Hall–Kier alpha value is -1.77. The van der Waals surface area contributed by atoms with Gasteiger partial charge in [0.25, 0.3) is 0 Å². The zero-order chi connectivity index (χ0) is 14.4. The van der Waals surface area contributed by atoms with Gasteiger partial charge in [-0.15, -0.1) is 0 Å². The summed E-state index contributed by atoms with van der Waals surface area (Å²) in [5.41, 5.74) is 3.56. The summed E-state index contributed by atoms with van der Waals surface area (Å²) in [4.78, 5) is 13.4. The number of rotatable bonds is 2. The molecule has 0 saturated heterocycles. The maximum Gasteiger partial charge on any atom is 0.335 e. The Kier molecular flexibility index (Phi) is 3.17. The summed E-state index contributed by atoms with van der Waals surface area (Å²) in [6, 6.07) is 5.74. The van der Waals surface area contributed by atoms with E-state index in [9.17, 15) is 4.79 Å². The van der Waals surface area contributed by atoms with Crippen LogP contribution in [0.15, 0.2) is 24.3 Å². The van der Waals surface area contributed by atoms with E-state index in [4.69, 9.17) is 5.11 Å². The van der Waals surface area contributed by atoms with Crippen molar-refractivity contribution in [3.8, 4) is 0 Å². The van der Waals surface area contributed by atoms with Crippen LogP contribution in [0.2, 0.25) is 0 Å². The molecule has 0 amide bonds. The Morgan fingerprint density at radius 1 is 1.32 bits per heavy atom. The molecule has 0 fully saturated rings. The minimum absolute atomic E-state index is 0.0595. The normalized spacial score (nSPS) is 17.2. The van der Waals surface area contributed by atoms with E-state index >= 15 is 0 Å². The van der Waals surface area contributed by atoms with Crippen molar-refractivity contribution in [2.45, 2.75) is 46.2 Å². The second-order valence-corrected chi connectivity index (χ2v) is 5.98. The minimum Gasteiger partial charge on any atom is -0.478 e. The second kappa shape index (κ2) is 4.41. The van der Waals surface area contributed by atoms with Gasteiger partial charge in [-0.2, -0.15) is 0 Å². The van der Waals surface area contributed by atoms with E-state index in [1.165, 1.54) is 0 Å². The Balaban J connectivity index is 2.65. The molecule has 0 saturated carbocycles. The second-order valence-electron chi connectivity index (χ2n) is 5.98. The monoisotopic (exact) mass is 259 g/mol. The van der Waals surface area contributed by atoms with Crippen LogP contribution in [0.3, 0.4) is 0 Å². The number of allylic oxidation sites excluding steroid dienone is 1. The molecule has 0 aromatic heterocycles. The largest absolute Gasteiger partial charge is 0.478 e. The molecule has 0 unspecified atom stereocenters. The first kappa shape index (κ1) is 13.7. The lowest BCUT2D eigenvalue weighted by Crippen LogP contribution is -2.49. The van der Waals surface area contributed by atoms with E-state index in [0.29, 0.717) is 11.6 Å². The van der Waals surface area contributed by atoms with Crippen LogP contribution in [0.5, 0.6) is 0 Å². The van der Waals surface area contributed by atoms with E-state index < -0.39 is 5.97 Å². The zero-order valence-corrected chi connectivity index (χ0v) is 12.2. The average Bonchev–Trinajstić information content (AvgIpc) is 2.26. The highest BCUT2D eigenvalue weighted by atomic mass is 16.4. The Bertz CT molecular complexity index is 556. The predicted molar refractivity (Wildman–Crippen MR) is 78.7 cm³/mol. The highest BCUT2D eigenvalue weighted by molar-refractivity contribution is 5.92. The van der Waals surface area contributed by atoms with Gasteiger partial charge < -0.3 is 10.0 Å². The number of hydrogen-bond donors (Lipinski definition) is 1. The third-order valence-electron chi connectivity index (χ3n) is 3.63. The summed E-state index contributed by atoms with van der Waals surface area (Å²) < 4.78 is 0. The van der Waals surface area contributed by atoms with E-state index in [-0.39, 0.29) is 5.54 Å². The van der Waals surface area contributed by atoms with Crippen LogP contribution in [0.4, 0.5) is 5.69 Å². The fourth-order valence-corrected chi connectivity index (χ4v) is 3.13. The van der Waals surface area contributed by atoms with Crippen molar-refractivity contribution in [3.05, 3.63) is 35.4 Å². The van der Waals surface area contributed by atoms with Crippen molar-refractivity contribution >= 4 is 17.2 Å². The third-order valence-corrected chi connectivity index (χ3v) is 3.63. The molecule has 3 heteroatoms. The Morgan fingerprint density at radius 2 is 1.95 bits per heavy atom. The molecule has 1 heterocycles. The van der Waals surface area contributed by atoms with E-state index in [2.05, 4.69) is 38.7 Å². The van der Waals surface area contributed by atoms with Gasteiger partial charge in [-0.3, -0.25) is 0 Å². The van der Waals surface area contributed by atoms with Gasteiger partial charge in [0.1, 0.15) is 0 Å². The maximum absolute atomic E-state index is 11.1. The molecule has 2 rings (SSSR count). The maximum atomic E-state index is 11.1. The lowest BCUT2D eigenvalue weighted by atomic mass is 9.87.